The van der Waals surface area contributed by atoms with E-state index in [2.05, 4.69) is 20.9 Å². The minimum absolute atomic E-state index is 0.0389. The van der Waals surface area contributed by atoms with Crippen LogP contribution in [0.15, 0.2) is 36.4 Å². The van der Waals surface area contributed by atoms with Crippen LogP contribution in [0.4, 0.5) is 4.79 Å². The lowest BCUT2D eigenvalue weighted by Gasteiger charge is -2.39. The maximum Gasteiger partial charge on any atom is 0.408 e. The number of amides is 4. The highest BCUT2D eigenvalue weighted by Gasteiger charge is 2.46. The first kappa shape index (κ1) is 35.9. The second kappa shape index (κ2) is 15.3. The molecule has 1 aromatic heterocycles. The number of primary amides is 1. The first-order chi connectivity index (χ1) is 22.3. The molecule has 254 valence electrons. The van der Waals surface area contributed by atoms with Crippen LogP contribution < -0.4 is 26.4 Å². The second-order valence-electron chi connectivity index (χ2n) is 12.3. The third-order valence-electron chi connectivity index (χ3n) is 9.18. The standard InChI is InChI=1S/C34H43Cl2N5O6/c1-6-18(3)27(30(37)42)39-32(44)34(12-11-26-24(16-34)23-14-21(35)15-25(36)29(23)38-26)41-31(43)28(19(4)7-2)40-33(45)47-17-20-9-8-10-22(13-20)46-5/h8-10,13-15,18-19,27-28,38H,6-7,11-12,16-17H2,1-5H3,(H2,37,42)(H,39,44)(H,40,45)(H,41,43)/t18-,19?,27-,28?,34+/m0/s1. The Labute approximate surface area is 284 Å². The minimum Gasteiger partial charge on any atom is -0.497 e. The molecule has 47 heavy (non-hydrogen) atoms. The van der Waals surface area contributed by atoms with E-state index in [0.29, 0.717) is 46.1 Å². The van der Waals surface area contributed by atoms with Gasteiger partial charge in [0.15, 0.2) is 0 Å². The van der Waals surface area contributed by atoms with Crippen LogP contribution in [0.2, 0.25) is 10.0 Å². The van der Waals surface area contributed by atoms with Crippen LogP contribution in [0.25, 0.3) is 10.9 Å². The van der Waals surface area contributed by atoms with Gasteiger partial charge in [-0.15, -0.1) is 0 Å². The molecule has 0 saturated carbocycles. The van der Waals surface area contributed by atoms with E-state index < -0.39 is 41.4 Å². The molecule has 1 heterocycles. The quantitative estimate of drug-likeness (QED) is 0.166. The van der Waals surface area contributed by atoms with Crippen molar-refractivity contribution in [2.75, 3.05) is 7.11 Å². The number of carbonyl (C=O) groups excluding carboxylic acids is 4. The summed E-state index contributed by atoms with van der Waals surface area (Å²) in [5, 5.41) is 10.1. The zero-order chi connectivity index (χ0) is 34.5. The number of nitrogens with one attached hydrogen (secondary N) is 4. The zero-order valence-corrected chi connectivity index (χ0v) is 28.8. The smallest absolute Gasteiger partial charge is 0.408 e. The molecule has 0 saturated heterocycles. The molecule has 0 bridgehead atoms. The summed E-state index contributed by atoms with van der Waals surface area (Å²) < 4.78 is 10.7. The number of aromatic amines is 1. The van der Waals surface area contributed by atoms with Crippen LogP contribution in [0.1, 0.15) is 63.8 Å². The maximum absolute atomic E-state index is 14.3. The molecule has 2 unspecified atom stereocenters. The SMILES string of the molecule is CCC(C)C(NC(=O)OCc1cccc(OC)c1)C(=O)N[C@]1(C(=O)N[C@H](C(N)=O)[C@@H](C)CC)CCc2[nH]c3c(Cl)cc(Cl)cc3c2C1. The molecule has 5 atom stereocenters. The summed E-state index contributed by atoms with van der Waals surface area (Å²) in [6, 6.07) is 8.51. The fourth-order valence-corrected chi connectivity index (χ4v) is 6.47. The Balaban J connectivity index is 1.64. The third-order valence-corrected chi connectivity index (χ3v) is 9.69. The number of hydrogen-bond acceptors (Lipinski definition) is 6. The van der Waals surface area contributed by atoms with Crippen molar-refractivity contribution in [3.63, 3.8) is 0 Å². The number of H-pyrrole nitrogens is 1. The van der Waals surface area contributed by atoms with Gasteiger partial charge in [0.2, 0.25) is 17.7 Å². The molecule has 3 aromatic rings. The molecule has 1 aliphatic rings. The zero-order valence-electron chi connectivity index (χ0n) is 27.3. The average Bonchev–Trinajstić information content (AvgIpc) is 3.41. The van der Waals surface area contributed by atoms with E-state index in [4.69, 9.17) is 38.4 Å². The van der Waals surface area contributed by atoms with Gasteiger partial charge in [0.05, 0.1) is 17.6 Å². The Morgan fingerprint density at radius 2 is 1.72 bits per heavy atom. The Morgan fingerprint density at radius 3 is 2.38 bits per heavy atom. The Bertz CT molecular complexity index is 1640. The van der Waals surface area contributed by atoms with Gasteiger partial charge >= 0.3 is 6.09 Å². The maximum atomic E-state index is 14.3. The predicted octanol–water partition coefficient (Wildman–Crippen LogP) is 5.18. The fourth-order valence-electron chi connectivity index (χ4n) is 5.93. The first-order valence-corrected chi connectivity index (χ1v) is 16.5. The van der Waals surface area contributed by atoms with Crippen LogP contribution in [-0.2, 0) is 38.6 Å². The van der Waals surface area contributed by atoms with Crippen LogP contribution >= 0.6 is 23.2 Å². The summed E-state index contributed by atoms with van der Waals surface area (Å²) >= 11 is 12.9. The van der Waals surface area contributed by atoms with Gasteiger partial charge in [-0.25, -0.2) is 4.79 Å². The van der Waals surface area contributed by atoms with Crippen molar-refractivity contribution in [1.29, 1.82) is 0 Å². The lowest BCUT2D eigenvalue weighted by molar-refractivity contribution is -0.137. The van der Waals surface area contributed by atoms with E-state index in [9.17, 15) is 19.2 Å². The average molecular weight is 689 g/mol. The number of aryl methyl sites for hydroxylation is 1. The van der Waals surface area contributed by atoms with Crippen LogP contribution in [0.5, 0.6) is 5.75 Å². The Hall–Kier alpha value is -3.96. The summed E-state index contributed by atoms with van der Waals surface area (Å²) in [5.41, 5.74) is 7.24. The highest BCUT2D eigenvalue weighted by molar-refractivity contribution is 6.38. The van der Waals surface area contributed by atoms with E-state index >= 15 is 0 Å². The van der Waals surface area contributed by atoms with Gasteiger partial charge < -0.3 is 36.1 Å². The van der Waals surface area contributed by atoms with Gasteiger partial charge in [-0.1, -0.05) is 75.9 Å². The fraction of sp³-hybridized carbons (Fsp3) is 0.471. The topological polar surface area (TPSA) is 165 Å². The molecule has 6 N–H and O–H groups in total. The third kappa shape index (κ3) is 8.13. The van der Waals surface area contributed by atoms with E-state index in [1.807, 2.05) is 27.7 Å². The van der Waals surface area contributed by atoms with Crippen molar-refractivity contribution in [2.24, 2.45) is 17.6 Å². The second-order valence-corrected chi connectivity index (χ2v) is 13.2. The Morgan fingerprint density at radius 1 is 1.02 bits per heavy atom. The van der Waals surface area contributed by atoms with Crippen molar-refractivity contribution in [3.05, 3.63) is 63.3 Å². The number of benzene rings is 2. The molecule has 0 fully saturated rings. The van der Waals surface area contributed by atoms with E-state index in [-0.39, 0.29) is 31.3 Å². The van der Waals surface area contributed by atoms with Crippen molar-refractivity contribution < 1.29 is 28.7 Å². The number of methoxy groups -OCH3 is 1. The van der Waals surface area contributed by atoms with Crippen LogP contribution in [0.3, 0.4) is 0 Å². The number of rotatable bonds is 13. The number of carbonyl (C=O) groups is 4. The minimum atomic E-state index is -1.49. The number of hydrogen-bond donors (Lipinski definition) is 5. The van der Waals surface area contributed by atoms with Gasteiger partial charge in [0.25, 0.3) is 0 Å². The molecule has 13 heteroatoms. The van der Waals surface area contributed by atoms with Crippen molar-refractivity contribution in [3.8, 4) is 5.75 Å². The summed E-state index contributed by atoms with van der Waals surface area (Å²) in [7, 11) is 1.55. The molecular formula is C34H43Cl2N5O6. The normalized spacial score (nSPS) is 18.3. The van der Waals surface area contributed by atoms with Crippen LogP contribution in [0, 0.1) is 11.8 Å². The highest BCUT2D eigenvalue weighted by atomic mass is 35.5. The number of alkyl carbamates (subject to hydrolysis) is 1. The van der Waals surface area contributed by atoms with Gasteiger partial charge in [-0.3, -0.25) is 14.4 Å². The molecule has 4 rings (SSSR count). The molecule has 0 spiro atoms. The van der Waals surface area contributed by atoms with Crippen LogP contribution in [-0.4, -0.2) is 53.5 Å². The first-order valence-electron chi connectivity index (χ1n) is 15.8. The number of halogens is 2. The highest BCUT2D eigenvalue weighted by Crippen LogP contribution is 2.38. The molecule has 0 radical (unpaired) electrons. The number of nitrogens with two attached hydrogens (primary N) is 1. The molecule has 2 aromatic carbocycles. The van der Waals surface area contributed by atoms with Gasteiger partial charge in [-0.05, 0) is 60.1 Å². The molecule has 4 amide bonds. The monoisotopic (exact) mass is 687 g/mol. The predicted molar refractivity (Wildman–Crippen MR) is 181 cm³/mol. The number of fused-ring (bicyclic) bond motifs is 3. The number of ether oxygens (including phenoxy) is 2. The summed E-state index contributed by atoms with van der Waals surface area (Å²) in [5.74, 6) is -1.73. The largest absolute Gasteiger partial charge is 0.497 e. The summed E-state index contributed by atoms with van der Waals surface area (Å²) in [4.78, 5) is 57.1. The van der Waals surface area contributed by atoms with Crippen molar-refractivity contribution in [2.45, 2.75) is 84.0 Å². The van der Waals surface area contributed by atoms with E-state index in [0.717, 1.165) is 16.6 Å². The number of aromatic nitrogens is 1. The molecule has 0 aliphatic heterocycles. The van der Waals surface area contributed by atoms with Gasteiger partial charge in [0, 0.05) is 22.5 Å². The molecular weight excluding hydrogens is 645 g/mol. The van der Waals surface area contributed by atoms with Crippen molar-refractivity contribution in [1.82, 2.24) is 20.9 Å². The van der Waals surface area contributed by atoms with Gasteiger partial charge in [0.1, 0.15) is 30.0 Å². The summed E-state index contributed by atoms with van der Waals surface area (Å²) in [6.45, 7) is 7.40. The van der Waals surface area contributed by atoms with E-state index in [1.54, 1.807) is 43.5 Å². The Kier molecular flexibility index (Phi) is 11.7. The lowest BCUT2D eigenvalue weighted by atomic mass is 9.78. The summed E-state index contributed by atoms with van der Waals surface area (Å²) in [6.07, 6.45) is 1.03. The molecule has 11 nitrogen and oxygen atoms in total. The lowest BCUT2D eigenvalue weighted by Crippen LogP contribution is -2.67. The van der Waals surface area contributed by atoms with E-state index in [1.165, 1.54) is 0 Å². The molecule has 1 aliphatic carbocycles. The van der Waals surface area contributed by atoms with Gasteiger partial charge in [-0.2, -0.15) is 0 Å². The van der Waals surface area contributed by atoms with Crippen molar-refractivity contribution >= 4 is 57.9 Å².